The summed E-state index contributed by atoms with van der Waals surface area (Å²) in [6.45, 7) is 5.23. The fourth-order valence-electron chi connectivity index (χ4n) is 2.30. The Hall–Kier alpha value is -0.360. The van der Waals surface area contributed by atoms with Crippen LogP contribution >= 0.6 is 36.2 Å². The Labute approximate surface area is 137 Å². The molecular weight excluding hydrogens is 317 g/mol. The summed E-state index contributed by atoms with van der Waals surface area (Å²) >= 11 is 1.64. The van der Waals surface area contributed by atoms with Gasteiger partial charge in [0.2, 0.25) is 5.91 Å². The molecule has 0 radical (unpaired) electrons. The Morgan fingerprint density at radius 2 is 2.30 bits per heavy atom. The predicted molar refractivity (Wildman–Crippen MR) is 88.3 cm³/mol. The third-order valence-corrected chi connectivity index (χ3v) is 4.27. The van der Waals surface area contributed by atoms with Crippen LogP contribution in [0.2, 0.25) is 0 Å². The fourth-order valence-corrected chi connectivity index (χ4v) is 3.04. The minimum atomic E-state index is 0. The molecule has 2 atom stereocenters. The monoisotopic (exact) mass is 339 g/mol. The third kappa shape index (κ3) is 5.95. The number of halogens is 2. The van der Waals surface area contributed by atoms with E-state index in [4.69, 9.17) is 0 Å². The average molecular weight is 340 g/mol. The van der Waals surface area contributed by atoms with E-state index in [9.17, 15) is 4.79 Å². The molecule has 1 aromatic heterocycles. The van der Waals surface area contributed by atoms with Crippen molar-refractivity contribution in [1.82, 2.24) is 15.6 Å². The minimum Gasteiger partial charge on any atom is -0.353 e. The van der Waals surface area contributed by atoms with Crippen molar-refractivity contribution < 1.29 is 4.79 Å². The largest absolute Gasteiger partial charge is 0.353 e. The van der Waals surface area contributed by atoms with Crippen LogP contribution in [0.4, 0.5) is 0 Å². The molecule has 1 aliphatic rings. The lowest BCUT2D eigenvalue weighted by Gasteiger charge is -2.28. The Morgan fingerprint density at radius 3 is 2.90 bits per heavy atom. The quantitative estimate of drug-likeness (QED) is 0.885. The number of nitrogens with one attached hydrogen (secondary N) is 2. The topological polar surface area (TPSA) is 54.0 Å². The van der Waals surface area contributed by atoms with Crippen molar-refractivity contribution in [3.63, 3.8) is 0 Å². The zero-order chi connectivity index (χ0) is 13.0. The first kappa shape index (κ1) is 19.6. The van der Waals surface area contributed by atoms with Crippen molar-refractivity contribution in [2.45, 2.75) is 51.6 Å². The molecule has 2 unspecified atom stereocenters. The van der Waals surface area contributed by atoms with E-state index >= 15 is 0 Å². The Kier molecular flexibility index (Phi) is 9.38. The predicted octanol–water partition coefficient (Wildman–Crippen LogP) is 2.35. The first-order valence-corrected chi connectivity index (χ1v) is 7.51. The molecule has 0 spiro atoms. The van der Waals surface area contributed by atoms with Crippen molar-refractivity contribution >= 4 is 42.1 Å². The molecule has 116 valence electrons. The number of hydrogen-bond donors (Lipinski definition) is 2. The fraction of sp³-hybridized carbons (Fsp3) is 0.692. The van der Waals surface area contributed by atoms with Gasteiger partial charge in [0, 0.05) is 17.5 Å². The highest BCUT2D eigenvalue weighted by atomic mass is 35.5. The minimum absolute atomic E-state index is 0. The number of rotatable bonds is 4. The van der Waals surface area contributed by atoms with Crippen LogP contribution in [0.25, 0.3) is 0 Å². The van der Waals surface area contributed by atoms with Gasteiger partial charge in [-0.15, -0.1) is 36.2 Å². The summed E-state index contributed by atoms with van der Waals surface area (Å²) in [5.41, 5.74) is 0.899. The number of carbonyl (C=O) groups excluding carboxylic acids is 1. The van der Waals surface area contributed by atoms with E-state index in [1.807, 2.05) is 5.38 Å². The van der Waals surface area contributed by atoms with Gasteiger partial charge < -0.3 is 10.6 Å². The molecule has 1 aliphatic heterocycles. The van der Waals surface area contributed by atoms with E-state index < -0.39 is 0 Å². The lowest BCUT2D eigenvalue weighted by Crippen LogP contribution is -2.46. The number of piperidine rings is 1. The van der Waals surface area contributed by atoms with Gasteiger partial charge in [-0.05, 0) is 32.7 Å². The van der Waals surface area contributed by atoms with E-state index in [0.717, 1.165) is 36.5 Å². The van der Waals surface area contributed by atoms with E-state index in [1.165, 1.54) is 0 Å². The van der Waals surface area contributed by atoms with Gasteiger partial charge in [0.25, 0.3) is 0 Å². The number of carbonyl (C=O) groups is 1. The molecule has 1 amide bonds. The average Bonchev–Trinajstić information content (AvgIpc) is 2.76. The van der Waals surface area contributed by atoms with E-state index in [-0.39, 0.29) is 30.7 Å². The van der Waals surface area contributed by atoms with E-state index in [0.29, 0.717) is 18.5 Å². The summed E-state index contributed by atoms with van der Waals surface area (Å²) in [4.78, 5) is 16.3. The Morgan fingerprint density at radius 1 is 1.55 bits per heavy atom. The molecule has 1 fully saturated rings. The van der Waals surface area contributed by atoms with Gasteiger partial charge in [-0.1, -0.05) is 6.92 Å². The van der Waals surface area contributed by atoms with Crippen LogP contribution in [0.5, 0.6) is 0 Å². The van der Waals surface area contributed by atoms with Gasteiger partial charge in [-0.2, -0.15) is 0 Å². The van der Waals surface area contributed by atoms with Crippen LogP contribution in [-0.2, 0) is 17.6 Å². The zero-order valence-electron chi connectivity index (χ0n) is 11.8. The molecule has 2 heterocycles. The van der Waals surface area contributed by atoms with Crippen LogP contribution in [0, 0.1) is 0 Å². The van der Waals surface area contributed by atoms with Gasteiger partial charge in [0.05, 0.1) is 17.1 Å². The number of hydrogen-bond acceptors (Lipinski definition) is 4. The van der Waals surface area contributed by atoms with Crippen molar-refractivity contribution in [3.8, 4) is 0 Å². The second-order valence-electron chi connectivity index (χ2n) is 4.91. The molecule has 20 heavy (non-hydrogen) atoms. The lowest BCUT2D eigenvalue weighted by molar-refractivity contribution is -0.121. The maximum absolute atomic E-state index is 11.9. The molecule has 0 saturated carbocycles. The highest BCUT2D eigenvalue weighted by Gasteiger charge is 2.20. The van der Waals surface area contributed by atoms with Crippen LogP contribution in [0.3, 0.4) is 0 Å². The number of aromatic nitrogens is 1. The van der Waals surface area contributed by atoms with Crippen LogP contribution in [0.15, 0.2) is 5.38 Å². The van der Waals surface area contributed by atoms with Crippen molar-refractivity contribution in [1.29, 1.82) is 0 Å². The molecule has 7 heteroatoms. The maximum Gasteiger partial charge on any atom is 0.226 e. The summed E-state index contributed by atoms with van der Waals surface area (Å²) in [5, 5.41) is 9.59. The second kappa shape index (κ2) is 9.55. The zero-order valence-corrected chi connectivity index (χ0v) is 14.3. The van der Waals surface area contributed by atoms with Crippen molar-refractivity contribution in [3.05, 3.63) is 16.1 Å². The molecule has 1 saturated heterocycles. The smallest absolute Gasteiger partial charge is 0.226 e. The molecule has 2 rings (SSSR count). The summed E-state index contributed by atoms with van der Waals surface area (Å²) < 4.78 is 0. The maximum atomic E-state index is 11.9. The molecule has 0 aromatic carbocycles. The highest BCUT2D eigenvalue weighted by Crippen LogP contribution is 2.12. The standard InChI is InChI=1S/C13H21N3OS.2ClH/c1-3-13-16-11(8-18-13)7-12(17)15-10-4-5-14-9(2)6-10;;/h8-10,14H,3-7H2,1-2H3,(H,15,17);2*1H. The van der Waals surface area contributed by atoms with Crippen LogP contribution in [-0.4, -0.2) is 29.5 Å². The summed E-state index contributed by atoms with van der Waals surface area (Å²) in [6, 6.07) is 0.813. The van der Waals surface area contributed by atoms with Crippen molar-refractivity contribution in [2.24, 2.45) is 0 Å². The van der Waals surface area contributed by atoms with Gasteiger partial charge >= 0.3 is 0 Å². The lowest BCUT2D eigenvalue weighted by atomic mass is 10.0. The normalized spacial score (nSPS) is 21.5. The Balaban J connectivity index is 0.00000180. The number of amides is 1. The first-order valence-electron chi connectivity index (χ1n) is 6.63. The molecule has 1 aromatic rings. The third-order valence-electron chi connectivity index (χ3n) is 3.23. The molecule has 0 bridgehead atoms. The van der Waals surface area contributed by atoms with Crippen LogP contribution in [0.1, 0.15) is 37.4 Å². The number of aryl methyl sites for hydroxylation is 1. The van der Waals surface area contributed by atoms with E-state index in [2.05, 4.69) is 29.5 Å². The Bertz CT molecular complexity index is 414. The first-order chi connectivity index (χ1) is 8.67. The molecule has 0 aliphatic carbocycles. The van der Waals surface area contributed by atoms with Crippen LogP contribution < -0.4 is 10.6 Å². The van der Waals surface area contributed by atoms with Gasteiger partial charge in [-0.25, -0.2) is 4.98 Å². The molecule has 4 nitrogen and oxygen atoms in total. The molecular formula is C13H23Cl2N3OS. The van der Waals surface area contributed by atoms with E-state index in [1.54, 1.807) is 11.3 Å². The van der Waals surface area contributed by atoms with Gasteiger partial charge in [0.1, 0.15) is 0 Å². The molecule has 2 N–H and O–H groups in total. The van der Waals surface area contributed by atoms with Gasteiger partial charge in [0.15, 0.2) is 0 Å². The summed E-state index contributed by atoms with van der Waals surface area (Å²) in [5.74, 6) is 0.0991. The highest BCUT2D eigenvalue weighted by molar-refractivity contribution is 7.09. The summed E-state index contributed by atoms with van der Waals surface area (Å²) in [6.07, 6.45) is 3.39. The summed E-state index contributed by atoms with van der Waals surface area (Å²) in [7, 11) is 0. The second-order valence-corrected chi connectivity index (χ2v) is 5.85. The number of thiazole rings is 1. The van der Waals surface area contributed by atoms with Crippen molar-refractivity contribution in [2.75, 3.05) is 6.54 Å². The number of nitrogens with zero attached hydrogens (tertiary/aromatic N) is 1. The SMILES string of the molecule is CCc1nc(CC(=O)NC2CCNC(C)C2)cs1.Cl.Cl. The van der Waals surface area contributed by atoms with Gasteiger partial charge in [-0.3, -0.25) is 4.79 Å².